The highest BCUT2D eigenvalue weighted by Gasteiger charge is 2.21. The molecule has 1 aromatic carbocycles. The number of halogens is 1. The molecule has 0 bridgehead atoms. The van der Waals surface area contributed by atoms with E-state index in [0.29, 0.717) is 5.75 Å². The van der Waals surface area contributed by atoms with E-state index < -0.39 is 5.82 Å². The van der Waals surface area contributed by atoms with Crippen molar-refractivity contribution >= 4 is 11.6 Å². The highest BCUT2D eigenvalue weighted by molar-refractivity contribution is 5.93. The number of amides is 1. The lowest BCUT2D eigenvalue weighted by atomic mass is 9.95. The normalized spacial score (nSPS) is 12.3. The van der Waals surface area contributed by atoms with Crippen LogP contribution in [0.2, 0.25) is 0 Å². The molecule has 3 N–H and O–H groups in total. The van der Waals surface area contributed by atoms with Gasteiger partial charge in [-0.05, 0) is 18.1 Å². The summed E-state index contributed by atoms with van der Waals surface area (Å²) < 4.78 is 18.5. The summed E-state index contributed by atoms with van der Waals surface area (Å²) in [5, 5.41) is 2.54. The quantitative estimate of drug-likeness (QED) is 0.844. The zero-order valence-corrected chi connectivity index (χ0v) is 10.9. The first-order valence-corrected chi connectivity index (χ1v) is 5.84. The molecule has 0 radical (unpaired) electrons. The van der Waals surface area contributed by atoms with Gasteiger partial charge in [0, 0.05) is 12.6 Å². The fourth-order valence-electron chi connectivity index (χ4n) is 1.63. The van der Waals surface area contributed by atoms with Gasteiger partial charge in [-0.25, -0.2) is 4.39 Å². The number of benzene rings is 1. The molecule has 1 atom stereocenters. The van der Waals surface area contributed by atoms with Crippen LogP contribution in [0.25, 0.3) is 0 Å². The van der Waals surface area contributed by atoms with Crippen LogP contribution >= 0.6 is 0 Å². The second-order valence-corrected chi connectivity index (χ2v) is 4.42. The molecule has 4 nitrogen and oxygen atoms in total. The van der Waals surface area contributed by atoms with Crippen molar-refractivity contribution in [3.63, 3.8) is 0 Å². The second-order valence-electron chi connectivity index (χ2n) is 4.42. The minimum Gasteiger partial charge on any atom is -0.497 e. The minimum atomic E-state index is -0.497. The van der Waals surface area contributed by atoms with E-state index in [1.54, 1.807) is 0 Å². The van der Waals surface area contributed by atoms with Gasteiger partial charge in [0.2, 0.25) is 5.91 Å². The van der Waals surface area contributed by atoms with E-state index in [0.717, 1.165) is 0 Å². The van der Waals surface area contributed by atoms with Crippen LogP contribution in [0.4, 0.5) is 10.1 Å². The average Bonchev–Trinajstić information content (AvgIpc) is 2.32. The predicted molar refractivity (Wildman–Crippen MR) is 69.0 cm³/mol. The molecule has 5 heteroatoms. The molecular weight excluding hydrogens is 235 g/mol. The summed E-state index contributed by atoms with van der Waals surface area (Å²) in [6.07, 6.45) is 0. The Kier molecular flexibility index (Phi) is 5.09. The van der Waals surface area contributed by atoms with Crippen LogP contribution < -0.4 is 15.8 Å². The van der Waals surface area contributed by atoms with E-state index >= 15 is 0 Å². The van der Waals surface area contributed by atoms with Crippen LogP contribution in [0.1, 0.15) is 13.8 Å². The van der Waals surface area contributed by atoms with E-state index in [1.807, 2.05) is 13.8 Å². The van der Waals surface area contributed by atoms with Gasteiger partial charge in [-0.1, -0.05) is 13.8 Å². The largest absolute Gasteiger partial charge is 0.497 e. The van der Waals surface area contributed by atoms with E-state index in [2.05, 4.69) is 5.32 Å². The lowest BCUT2D eigenvalue weighted by Gasteiger charge is -2.18. The number of methoxy groups -OCH3 is 1. The molecule has 1 amide bonds. The third kappa shape index (κ3) is 3.43. The molecule has 1 aromatic rings. The molecule has 0 saturated carbocycles. The number of hydrogen-bond donors (Lipinski definition) is 2. The Labute approximate surface area is 106 Å². The summed E-state index contributed by atoms with van der Waals surface area (Å²) in [5.41, 5.74) is 5.65. The molecular formula is C13H19FN2O2. The van der Waals surface area contributed by atoms with Crippen LogP contribution in [-0.4, -0.2) is 19.6 Å². The molecule has 0 aromatic heterocycles. The Morgan fingerprint density at radius 1 is 1.50 bits per heavy atom. The average molecular weight is 254 g/mol. The molecule has 18 heavy (non-hydrogen) atoms. The summed E-state index contributed by atoms with van der Waals surface area (Å²) in [7, 11) is 1.48. The standard InChI is InChI=1S/C13H19FN2O2/c1-8(2)10(7-15)13(17)16-12-6-9(18-3)4-5-11(12)14/h4-6,8,10H,7,15H2,1-3H3,(H,16,17). The highest BCUT2D eigenvalue weighted by Crippen LogP contribution is 2.22. The van der Waals surface area contributed by atoms with Crippen LogP contribution in [0.5, 0.6) is 5.75 Å². The van der Waals surface area contributed by atoms with Crippen molar-refractivity contribution in [1.82, 2.24) is 0 Å². The summed E-state index contributed by atoms with van der Waals surface area (Å²) in [4.78, 5) is 11.9. The number of ether oxygens (including phenoxy) is 1. The van der Waals surface area contributed by atoms with Crippen molar-refractivity contribution in [3.05, 3.63) is 24.0 Å². The second kappa shape index (κ2) is 6.35. The van der Waals surface area contributed by atoms with Crippen LogP contribution in [0.15, 0.2) is 18.2 Å². The van der Waals surface area contributed by atoms with Gasteiger partial charge in [0.1, 0.15) is 11.6 Å². The van der Waals surface area contributed by atoms with Gasteiger partial charge < -0.3 is 15.8 Å². The van der Waals surface area contributed by atoms with Gasteiger partial charge in [0.25, 0.3) is 0 Å². The first-order chi connectivity index (χ1) is 8.49. The molecule has 0 saturated heterocycles. The molecule has 100 valence electrons. The van der Waals surface area contributed by atoms with Crippen molar-refractivity contribution in [3.8, 4) is 5.75 Å². The van der Waals surface area contributed by atoms with Gasteiger partial charge in [-0.15, -0.1) is 0 Å². The first-order valence-electron chi connectivity index (χ1n) is 5.84. The number of hydrogen-bond acceptors (Lipinski definition) is 3. The number of nitrogens with two attached hydrogens (primary N) is 1. The van der Waals surface area contributed by atoms with Crippen LogP contribution in [-0.2, 0) is 4.79 Å². The lowest BCUT2D eigenvalue weighted by molar-refractivity contribution is -0.120. The molecule has 1 unspecified atom stereocenters. The zero-order chi connectivity index (χ0) is 13.7. The third-order valence-electron chi connectivity index (χ3n) is 2.83. The minimum absolute atomic E-state index is 0.101. The summed E-state index contributed by atoms with van der Waals surface area (Å²) in [6.45, 7) is 4.03. The van der Waals surface area contributed by atoms with Gasteiger partial charge in [0.05, 0.1) is 18.7 Å². The highest BCUT2D eigenvalue weighted by atomic mass is 19.1. The van der Waals surface area contributed by atoms with E-state index in [9.17, 15) is 9.18 Å². The maximum Gasteiger partial charge on any atom is 0.229 e. The van der Waals surface area contributed by atoms with Crippen molar-refractivity contribution in [2.24, 2.45) is 17.6 Å². The van der Waals surface area contributed by atoms with Gasteiger partial charge in [-0.2, -0.15) is 0 Å². The summed E-state index contributed by atoms with van der Waals surface area (Å²) in [6, 6.07) is 4.19. The molecule has 0 aliphatic heterocycles. The topological polar surface area (TPSA) is 64.3 Å². The zero-order valence-electron chi connectivity index (χ0n) is 10.9. The Bertz CT molecular complexity index is 421. The summed E-state index contributed by atoms with van der Waals surface area (Å²) in [5.74, 6) is -0.525. The van der Waals surface area contributed by atoms with Crippen LogP contribution in [0.3, 0.4) is 0 Å². The van der Waals surface area contributed by atoms with E-state index in [1.165, 1.54) is 25.3 Å². The van der Waals surface area contributed by atoms with E-state index in [-0.39, 0.29) is 30.0 Å². The molecule has 1 rings (SSSR count). The number of nitrogens with one attached hydrogen (secondary N) is 1. The summed E-state index contributed by atoms with van der Waals surface area (Å²) >= 11 is 0. The van der Waals surface area contributed by atoms with Crippen molar-refractivity contribution < 1.29 is 13.9 Å². The van der Waals surface area contributed by atoms with Gasteiger partial charge in [-0.3, -0.25) is 4.79 Å². The molecule has 0 heterocycles. The fraction of sp³-hybridized carbons (Fsp3) is 0.462. The molecule has 0 aliphatic carbocycles. The van der Waals surface area contributed by atoms with Crippen molar-refractivity contribution in [2.45, 2.75) is 13.8 Å². The molecule has 0 fully saturated rings. The molecule has 0 spiro atoms. The Morgan fingerprint density at radius 2 is 2.17 bits per heavy atom. The monoisotopic (exact) mass is 254 g/mol. The smallest absolute Gasteiger partial charge is 0.229 e. The fourth-order valence-corrected chi connectivity index (χ4v) is 1.63. The number of anilines is 1. The number of carbonyl (C=O) groups is 1. The van der Waals surface area contributed by atoms with E-state index in [4.69, 9.17) is 10.5 Å². The number of rotatable bonds is 5. The maximum absolute atomic E-state index is 13.5. The SMILES string of the molecule is COc1ccc(F)c(NC(=O)C(CN)C(C)C)c1. The Hall–Kier alpha value is -1.62. The molecule has 0 aliphatic rings. The van der Waals surface area contributed by atoms with Crippen LogP contribution in [0, 0.1) is 17.7 Å². The van der Waals surface area contributed by atoms with Gasteiger partial charge >= 0.3 is 0 Å². The van der Waals surface area contributed by atoms with Crippen molar-refractivity contribution in [2.75, 3.05) is 19.0 Å². The first kappa shape index (κ1) is 14.4. The lowest BCUT2D eigenvalue weighted by Crippen LogP contribution is -2.33. The number of carbonyl (C=O) groups excluding carboxylic acids is 1. The third-order valence-corrected chi connectivity index (χ3v) is 2.83. The van der Waals surface area contributed by atoms with Crippen molar-refractivity contribution in [1.29, 1.82) is 0 Å². The maximum atomic E-state index is 13.5. The Balaban J connectivity index is 2.86. The van der Waals surface area contributed by atoms with Gasteiger partial charge in [0.15, 0.2) is 0 Å². The predicted octanol–water partition coefficient (Wildman–Crippen LogP) is 2.00. The Morgan fingerprint density at radius 3 is 2.67 bits per heavy atom.